The molecule has 0 aromatic heterocycles. The lowest BCUT2D eigenvalue weighted by molar-refractivity contribution is -0.122. The Balaban J connectivity index is 1.73. The lowest BCUT2D eigenvalue weighted by Crippen LogP contribution is -2.38. The van der Waals surface area contributed by atoms with Gasteiger partial charge in [-0.3, -0.25) is 9.69 Å². The van der Waals surface area contributed by atoms with Crippen LogP contribution in [0.1, 0.15) is 26.7 Å². The Kier molecular flexibility index (Phi) is 4.05. The van der Waals surface area contributed by atoms with E-state index in [1.165, 1.54) is 0 Å². The van der Waals surface area contributed by atoms with E-state index in [0.717, 1.165) is 32.5 Å². The number of fused-ring (bicyclic) bond motifs is 1. The molecule has 0 bridgehead atoms. The number of hydrogen-bond donors (Lipinski definition) is 2. The average molecular weight is 240 g/mol. The van der Waals surface area contributed by atoms with Crippen LogP contribution in [0.4, 0.5) is 0 Å². The maximum absolute atomic E-state index is 11.7. The van der Waals surface area contributed by atoms with E-state index < -0.39 is 0 Å². The predicted octanol–water partition coefficient (Wildman–Crippen LogP) is 0.461. The van der Waals surface area contributed by atoms with Crippen LogP contribution in [-0.4, -0.2) is 48.2 Å². The predicted molar refractivity (Wildman–Crippen MR) is 66.5 cm³/mol. The fraction of sp³-hybridized carbons (Fsp3) is 0.923. The Hall–Kier alpha value is -0.610. The molecule has 2 fully saturated rings. The van der Waals surface area contributed by atoms with Gasteiger partial charge < -0.3 is 10.4 Å². The van der Waals surface area contributed by atoms with Gasteiger partial charge in [0.1, 0.15) is 0 Å². The third kappa shape index (κ3) is 3.19. The van der Waals surface area contributed by atoms with Gasteiger partial charge in [-0.25, -0.2) is 0 Å². The van der Waals surface area contributed by atoms with Crippen molar-refractivity contribution in [1.82, 2.24) is 10.2 Å². The van der Waals surface area contributed by atoms with Crippen LogP contribution in [0, 0.1) is 17.8 Å². The summed E-state index contributed by atoms with van der Waals surface area (Å²) in [5.74, 6) is 1.64. The zero-order chi connectivity index (χ0) is 12.4. The first-order valence-corrected chi connectivity index (χ1v) is 6.73. The van der Waals surface area contributed by atoms with Crippen molar-refractivity contribution in [2.45, 2.75) is 32.8 Å². The van der Waals surface area contributed by atoms with Crippen LogP contribution in [0.15, 0.2) is 0 Å². The summed E-state index contributed by atoms with van der Waals surface area (Å²) in [5, 5.41) is 12.7. The Bertz CT molecular complexity index is 281. The van der Waals surface area contributed by atoms with Crippen LogP contribution in [0.2, 0.25) is 0 Å². The van der Waals surface area contributed by atoms with Gasteiger partial charge >= 0.3 is 0 Å². The molecule has 1 aliphatic carbocycles. The molecule has 3 atom stereocenters. The molecule has 1 saturated carbocycles. The number of aliphatic hydroxyl groups is 1. The van der Waals surface area contributed by atoms with Crippen LogP contribution in [0.5, 0.6) is 0 Å². The summed E-state index contributed by atoms with van der Waals surface area (Å²) in [6, 6.07) is 0. The van der Waals surface area contributed by atoms with E-state index in [1.807, 2.05) is 0 Å². The van der Waals surface area contributed by atoms with Crippen LogP contribution in [-0.2, 0) is 4.79 Å². The fourth-order valence-corrected chi connectivity index (χ4v) is 3.03. The molecule has 98 valence electrons. The quantitative estimate of drug-likeness (QED) is 0.750. The molecule has 1 saturated heterocycles. The third-order valence-electron chi connectivity index (χ3n) is 3.97. The van der Waals surface area contributed by atoms with Crippen molar-refractivity contribution < 1.29 is 9.90 Å². The Morgan fingerprint density at radius 3 is 2.82 bits per heavy atom. The van der Waals surface area contributed by atoms with Crippen molar-refractivity contribution >= 4 is 5.91 Å². The van der Waals surface area contributed by atoms with Gasteiger partial charge in [-0.15, -0.1) is 0 Å². The van der Waals surface area contributed by atoms with Crippen LogP contribution >= 0.6 is 0 Å². The largest absolute Gasteiger partial charge is 0.393 e. The van der Waals surface area contributed by atoms with Gasteiger partial charge in [-0.1, -0.05) is 13.8 Å². The number of nitrogens with zero attached hydrogens (tertiary/aromatic N) is 1. The number of rotatable bonds is 4. The van der Waals surface area contributed by atoms with E-state index >= 15 is 0 Å². The molecule has 0 aromatic rings. The van der Waals surface area contributed by atoms with Crippen molar-refractivity contribution in [3.05, 3.63) is 0 Å². The number of carbonyl (C=O) groups is 1. The molecule has 2 rings (SSSR count). The molecule has 0 radical (unpaired) electrons. The summed E-state index contributed by atoms with van der Waals surface area (Å²) < 4.78 is 0. The summed E-state index contributed by atoms with van der Waals surface area (Å²) in [5.41, 5.74) is 0. The SMILES string of the molecule is CC(C)CNC(=O)CN1CC2CCC(O)C2C1. The van der Waals surface area contributed by atoms with Crippen molar-refractivity contribution in [2.75, 3.05) is 26.2 Å². The maximum atomic E-state index is 11.7. The molecule has 0 aromatic carbocycles. The monoisotopic (exact) mass is 240 g/mol. The van der Waals surface area contributed by atoms with Gasteiger partial charge in [0, 0.05) is 25.6 Å². The molecule has 1 heterocycles. The molecule has 4 heteroatoms. The number of likely N-dealkylation sites (tertiary alicyclic amines) is 1. The highest BCUT2D eigenvalue weighted by atomic mass is 16.3. The van der Waals surface area contributed by atoms with Crippen molar-refractivity contribution in [3.63, 3.8) is 0 Å². The first kappa shape index (κ1) is 12.8. The topological polar surface area (TPSA) is 52.6 Å². The van der Waals surface area contributed by atoms with Crippen molar-refractivity contribution in [2.24, 2.45) is 17.8 Å². The molecular formula is C13H24N2O2. The van der Waals surface area contributed by atoms with Crippen molar-refractivity contribution in [1.29, 1.82) is 0 Å². The van der Waals surface area contributed by atoms with E-state index in [1.54, 1.807) is 0 Å². The minimum atomic E-state index is -0.135. The molecule has 17 heavy (non-hydrogen) atoms. The zero-order valence-corrected chi connectivity index (χ0v) is 10.9. The first-order valence-electron chi connectivity index (χ1n) is 6.73. The average Bonchev–Trinajstić information content (AvgIpc) is 2.78. The van der Waals surface area contributed by atoms with Crippen LogP contribution < -0.4 is 5.32 Å². The summed E-state index contributed by atoms with van der Waals surface area (Å²) in [6.45, 7) is 7.31. The Morgan fingerprint density at radius 1 is 1.41 bits per heavy atom. The molecule has 3 unspecified atom stereocenters. The number of carbonyl (C=O) groups excluding carboxylic acids is 1. The molecule has 1 aliphatic heterocycles. The summed E-state index contributed by atoms with van der Waals surface area (Å²) in [4.78, 5) is 13.9. The molecule has 1 amide bonds. The van der Waals surface area contributed by atoms with Crippen LogP contribution in [0.3, 0.4) is 0 Å². The first-order chi connectivity index (χ1) is 8.06. The van der Waals surface area contributed by atoms with Gasteiger partial charge in [0.2, 0.25) is 5.91 Å². The molecule has 2 aliphatic rings. The second-order valence-electron chi connectivity index (χ2n) is 5.96. The highest BCUT2D eigenvalue weighted by Crippen LogP contribution is 2.37. The summed E-state index contributed by atoms with van der Waals surface area (Å²) in [6.07, 6.45) is 1.93. The van der Waals surface area contributed by atoms with Gasteiger partial charge in [-0.2, -0.15) is 0 Å². The minimum absolute atomic E-state index is 0.119. The number of aliphatic hydroxyl groups excluding tert-OH is 1. The second-order valence-corrected chi connectivity index (χ2v) is 5.96. The summed E-state index contributed by atoms with van der Waals surface area (Å²) >= 11 is 0. The standard InChI is InChI=1S/C13H24N2O2/c1-9(2)5-14-13(17)8-15-6-10-3-4-12(16)11(10)7-15/h9-12,16H,3-8H2,1-2H3,(H,14,17). The van der Waals surface area contributed by atoms with Gasteiger partial charge in [-0.05, 0) is 24.7 Å². The van der Waals surface area contributed by atoms with Gasteiger partial charge in [0.15, 0.2) is 0 Å². The van der Waals surface area contributed by atoms with E-state index in [2.05, 4.69) is 24.1 Å². The Morgan fingerprint density at radius 2 is 2.18 bits per heavy atom. The second kappa shape index (κ2) is 5.36. The van der Waals surface area contributed by atoms with Crippen LogP contribution in [0.25, 0.3) is 0 Å². The number of amides is 1. The van der Waals surface area contributed by atoms with Gasteiger partial charge in [0.05, 0.1) is 12.6 Å². The molecule has 4 nitrogen and oxygen atoms in total. The van der Waals surface area contributed by atoms with Crippen molar-refractivity contribution in [3.8, 4) is 0 Å². The Labute approximate surface area is 103 Å². The molecular weight excluding hydrogens is 216 g/mol. The lowest BCUT2D eigenvalue weighted by Gasteiger charge is -2.17. The van der Waals surface area contributed by atoms with E-state index in [9.17, 15) is 9.90 Å². The maximum Gasteiger partial charge on any atom is 0.234 e. The highest BCUT2D eigenvalue weighted by molar-refractivity contribution is 5.78. The molecule has 0 spiro atoms. The normalized spacial score (nSPS) is 33.1. The third-order valence-corrected chi connectivity index (χ3v) is 3.97. The summed E-state index contributed by atoms with van der Waals surface area (Å²) in [7, 11) is 0. The van der Waals surface area contributed by atoms with Gasteiger partial charge in [0.25, 0.3) is 0 Å². The smallest absolute Gasteiger partial charge is 0.234 e. The van der Waals surface area contributed by atoms with E-state index in [0.29, 0.717) is 24.3 Å². The lowest BCUT2D eigenvalue weighted by atomic mass is 10.00. The number of hydrogen-bond acceptors (Lipinski definition) is 3. The van der Waals surface area contributed by atoms with E-state index in [-0.39, 0.29) is 12.0 Å². The molecule has 2 N–H and O–H groups in total. The highest BCUT2D eigenvalue weighted by Gasteiger charge is 2.41. The fourth-order valence-electron chi connectivity index (χ4n) is 3.03. The minimum Gasteiger partial charge on any atom is -0.393 e. The number of nitrogens with one attached hydrogen (secondary N) is 1. The van der Waals surface area contributed by atoms with E-state index in [4.69, 9.17) is 0 Å². The zero-order valence-electron chi connectivity index (χ0n) is 10.9.